The van der Waals surface area contributed by atoms with E-state index in [0.29, 0.717) is 19.3 Å². The fourth-order valence-electron chi connectivity index (χ4n) is 9.60. The Hall–Kier alpha value is -3.42. The number of amides is 1. The fourth-order valence-corrected chi connectivity index (χ4v) is 9.60. The molecule has 1 fully saturated rings. The summed E-state index contributed by atoms with van der Waals surface area (Å²) >= 11 is 0. The van der Waals surface area contributed by atoms with Crippen molar-refractivity contribution >= 4 is 11.9 Å². The average molecular weight is 1120 g/mol. The lowest BCUT2D eigenvalue weighted by Crippen LogP contribution is -2.61. The van der Waals surface area contributed by atoms with Gasteiger partial charge in [-0.3, -0.25) is 9.59 Å². The van der Waals surface area contributed by atoms with Crippen LogP contribution in [0.25, 0.3) is 0 Å². The summed E-state index contributed by atoms with van der Waals surface area (Å²) < 4.78 is 17.6. The predicted molar refractivity (Wildman–Crippen MR) is 333 cm³/mol. The van der Waals surface area contributed by atoms with Crippen molar-refractivity contribution in [2.45, 2.75) is 314 Å². The van der Waals surface area contributed by atoms with Gasteiger partial charge in [-0.1, -0.05) is 259 Å². The number of carbonyl (C=O) groups is 2. The number of carbonyl (C=O) groups excluding carboxylic acids is 2. The summed E-state index contributed by atoms with van der Waals surface area (Å²) in [5.41, 5.74) is 0. The van der Waals surface area contributed by atoms with Gasteiger partial charge in [0.05, 0.1) is 25.4 Å². The van der Waals surface area contributed by atoms with Crippen LogP contribution in [0.15, 0.2) is 97.2 Å². The van der Waals surface area contributed by atoms with E-state index in [4.69, 9.17) is 14.2 Å². The lowest BCUT2D eigenvalue weighted by atomic mass is 9.99. The Bertz CT molecular complexity index is 1670. The fraction of sp³-hybridized carbons (Fsp3) is 0.739. The number of aliphatic hydroxyl groups is 5. The maximum atomic E-state index is 13.5. The number of unbranched alkanes of at least 4 members (excludes halogenated alkanes) is 26. The van der Waals surface area contributed by atoms with E-state index in [1.54, 1.807) is 6.08 Å². The number of allylic oxidation sites excluding steroid dienone is 15. The van der Waals surface area contributed by atoms with Gasteiger partial charge in [0.1, 0.15) is 24.4 Å². The molecule has 0 aliphatic carbocycles. The summed E-state index contributed by atoms with van der Waals surface area (Å²) in [5.74, 6) is -1.26. The number of hydrogen-bond acceptors (Lipinski definition) is 10. The monoisotopic (exact) mass is 1120 g/mol. The highest BCUT2D eigenvalue weighted by molar-refractivity contribution is 5.80. The molecule has 11 heteroatoms. The highest BCUT2D eigenvalue weighted by atomic mass is 16.7. The van der Waals surface area contributed by atoms with Gasteiger partial charge in [-0.15, -0.1) is 0 Å². The molecule has 11 nitrogen and oxygen atoms in total. The summed E-state index contributed by atoms with van der Waals surface area (Å²) in [5, 5.41) is 57.0. The van der Waals surface area contributed by atoms with E-state index in [2.05, 4.69) is 99.0 Å². The van der Waals surface area contributed by atoms with E-state index >= 15 is 0 Å². The van der Waals surface area contributed by atoms with E-state index in [-0.39, 0.29) is 19.4 Å². The van der Waals surface area contributed by atoms with Crippen molar-refractivity contribution in [2.75, 3.05) is 13.2 Å². The van der Waals surface area contributed by atoms with Crippen molar-refractivity contribution in [3.05, 3.63) is 97.2 Å². The van der Waals surface area contributed by atoms with Gasteiger partial charge in [-0.2, -0.15) is 0 Å². The van der Waals surface area contributed by atoms with Crippen molar-refractivity contribution in [1.82, 2.24) is 5.32 Å². The Kier molecular flexibility index (Phi) is 52.3. The average Bonchev–Trinajstić information content (AvgIpc) is 3.45. The number of esters is 1. The zero-order valence-corrected chi connectivity index (χ0v) is 50.9. The number of ether oxygens (including phenoxy) is 3. The standard InChI is InChI=1S/C69H119NO10/c1-4-7-10-13-16-19-22-25-27-29-30-31-32-33-35-36-38-41-44-47-50-53-56-62(73)68(77)70-60(61(72)55-52-49-46-43-40-24-21-18-15-12-9-6-3)59-78-69-67(66(76)65(75)63(58-71)79-69)80-64(74)57-54-51-48-45-42-39-37-34-28-26-23-20-17-14-11-8-5-2/h8,11,16-17,19-20,25-28,37,39,45,48,52,55,60-63,65-67,69,71-73,75-76H,4-7,9-10,12-15,18,21-24,29-36,38,40-44,46-47,49-51,53-54,56-59H2,1-3H3,(H,70,77)/b11-8-,19-16-,20-17-,27-25-,28-26-,39-37-,48-45-,55-52+. The Morgan fingerprint density at radius 1 is 0.500 bits per heavy atom. The summed E-state index contributed by atoms with van der Waals surface area (Å²) in [6.07, 6.45) is 64.5. The molecule has 6 N–H and O–H groups in total. The van der Waals surface area contributed by atoms with E-state index < -0.39 is 67.4 Å². The van der Waals surface area contributed by atoms with Gasteiger partial charge in [0.2, 0.25) is 5.91 Å². The van der Waals surface area contributed by atoms with Crippen LogP contribution < -0.4 is 5.32 Å². The van der Waals surface area contributed by atoms with E-state index in [1.165, 1.54) is 135 Å². The Morgan fingerprint density at radius 3 is 1.38 bits per heavy atom. The second kappa shape index (κ2) is 56.1. The third-order valence-electron chi connectivity index (χ3n) is 14.7. The van der Waals surface area contributed by atoms with Crippen LogP contribution in [0.3, 0.4) is 0 Å². The first kappa shape index (κ1) is 74.6. The molecule has 460 valence electrons. The molecule has 0 aromatic carbocycles. The lowest BCUT2D eigenvalue weighted by Gasteiger charge is -2.41. The molecule has 0 saturated carbocycles. The summed E-state index contributed by atoms with van der Waals surface area (Å²) in [6, 6.07) is -1.04. The zero-order valence-electron chi connectivity index (χ0n) is 50.9. The van der Waals surface area contributed by atoms with Crippen LogP contribution in [-0.4, -0.2) is 99.6 Å². The van der Waals surface area contributed by atoms with Crippen molar-refractivity contribution < 1.29 is 49.3 Å². The summed E-state index contributed by atoms with van der Waals surface area (Å²) in [7, 11) is 0. The van der Waals surface area contributed by atoms with E-state index in [0.717, 1.165) is 77.0 Å². The predicted octanol–water partition coefficient (Wildman–Crippen LogP) is 15.9. The van der Waals surface area contributed by atoms with Crippen molar-refractivity contribution in [2.24, 2.45) is 0 Å². The maximum absolute atomic E-state index is 13.5. The quantitative estimate of drug-likeness (QED) is 0.0195. The summed E-state index contributed by atoms with van der Waals surface area (Å²) in [6.45, 7) is 5.62. The first-order valence-electron chi connectivity index (χ1n) is 32.5. The number of rotatable bonds is 54. The van der Waals surface area contributed by atoms with Crippen LogP contribution in [0, 0.1) is 0 Å². The second-order valence-electron chi connectivity index (χ2n) is 22.1. The van der Waals surface area contributed by atoms with Crippen LogP contribution in [0.5, 0.6) is 0 Å². The van der Waals surface area contributed by atoms with Crippen LogP contribution >= 0.6 is 0 Å². The first-order chi connectivity index (χ1) is 39.2. The second-order valence-corrected chi connectivity index (χ2v) is 22.1. The minimum Gasteiger partial charge on any atom is -0.454 e. The van der Waals surface area contributed by atoms with Crippen molar-refractivity contribution in [3.63, 3.8) is 0 Å². The minimum atomic E-state index is -1.64. The van der Waals surface area contributed by atoms with Crippen molar-refractivity contribution in [1.29, 1.82) is 0 Å². The molecular formula is C69H119NO10. The van der Waals surface area contributed by atoms with E-state index in [9.17, 15) is 35.1 Å². The Labute approximate surface area is 488 Å². The van der Waals surface area contributed by atoms with Gasteiger partial charge in [0.25, 0.3) is 0 Å². The van der Waals surface area contributed by atoms with Gasteiger partial charge in [-0.05, 0) is 96.3 Å². The molecule has 1 saturated heterocycles. The first-order valence-corrected chi connectivity index (χ1v) is 32.5. The summed E-state index contributed by atoms with van der Waals surface area (Å²) in [4.78, 5) is 26.6. The maximum Gasteiger partial charge on any atom is 0.306 e. The normalized spacial score (nSPS) is 19.4. The number of aliphatic hydroxyl groups excluding tert-OH is 5. The van der Waals surface area contributed by atoms with Gasteiger partial charge >= 0.3 is 5.97 Å². The minimum absolute atomic E-state index is 0.0416. The van der Waals surface area contributed by atoms with Crippen LogP contribution in [0.4, 0.5) is 0 Å². The molecule has 1 aliphatic heterocycles. The van der Waals surface area contributed by atoms with Gasteiger partial charge < -0.3 is 45.1 Å². The molecule has 0 aromatic heterocycles. The van der Waals surface area contributed by atoms with Crippen molar-refractivity contribution in [3.8, 4) is 0 Å². The largest absolute Gasteiger partial charge is 0.454 e. The number of nitrogens with one attached hydrogen (secondary N) is 1. The number of hydrogen-bond donors (Lipinski definition) is 6. The smallest absolute Gasteiger partial charge is 0.306 e. The van der Waals surface area contributed by atoms with Gasteiger partial charge in [0.15, 0.2) is 12.4 Å². The molecule has 0 bridgehead atoms. The zero-order chi connectivity index (χ0) is 58.2. The molecule has 0 radical (unpaired) electrons. The lowest BCUT2D eigenvalue weighted by molar-refractivity contribution is -0.305. The van der Waals surface area contributed by atoms with Gasteiger partial charge in [-0.25, -0.2) is 0 Å². The molecule has 8 atom stereocenters. The van der Waals surface area contributed by atoms with Gasteiger partial charge in [0, 0.05) is 6.42 Å². The molecule has 8 unspecified atom stereocenters. The third kappa shape index (κ3) is 43.3. The molecule has 0 spiro atoms. The topological polar surface area (TPSA) is 175 Å². The SMILES string of the molecule is CC/C=C\C/C=C\C/C=C\C/C=C\C/C=C\CCCC(=O)OC1C(OCC(NC(=O)C(O)CCCCCCCCCCCCCC/C=C\C/C=C\CCCCC)C(O)/C=C/CCCCCCCCCCCC)OC(CO)C(O)C1O. The third-order valence-corrected chi connectivity index (χ3v) is 14.7. The molecular weight excluding hydrogens is 1000 g/mol. The Balaban J connectivity index is 2.67. The Morgan fingerprint density at radius 2 is 0.900 bits per heavy atom. The molecule has 1 amide bonds. The van der Waals surface area contributed by atoms with Crippen LogP contribution in [-0.2, 0) is 23.8 Å². The molecule has 1 heterocycles. The highest BCUT2D eigenvalue weighted by Crippen LogP contribution is 2.26. The molecule has 80 heavy (non-hydrogen) atoms. The molecule has 1 aliphatic rings. The van der Waals surface area contributed by atoms with E-state index in [1.807, 2.05) is 18.2 Å². The van der Waals surface area contributed by atoms with Crippen LogP contribution in [0.2, 0.25) is 0 Å². The van der Waals surface area contributed by atoms with Crippen LogP contribution in [0.1, 0.15) is 265 Å². The molecule has 1 rings (SSSR count). The highest BCUT2D eigenvalue weighted by Gasteiger charge is 2.47. The molecule has 0 aromatic rings.